The van der Waals surface area contributed by atoms with E-state index in [4.69, 9.17) is 9.47 Å². The van der Waals surface area contributed by atoms with Crippen molar-refractivity contribution in [3.63, 3.8) is 0 Å². The SMILES string of the molecule is CC(C)[C@H]1CC[C@]2(C)O[C@@H]2[C@@H]1OCc1ccccc1. The summed E-state index contributed by atoms with van der Waals surface area (Å²) >= 11 is 0. The smallest absolute Gasteiger partial charge is 0.113 e. The number of rotatable bonds is 4. The number of hydrogen-bond acceptors (Lipinski definition) is 2. The fraction of sp³-hybridized carbons (Fsp3) is 0.647. The molecule has 4 atom stereocenters. The zero-order chi connectivity index (χ0) is 13.5. The van der Waals surface area contributed by atoms with Crippen molar-refractivity contribution in [2.75, 3.05) is 0 Å². The Labute approximate surface area is 116 Å². The van der Waals surface area contributed by atoms with Crippen molar-refractivity contribution in [1.29, 1.82) is 0 Å². The Bertz CT molecular complexity index is 428. The van der Waals surface area contributed by atoms with Gasteiger partial charge < -0.3 is 9.47 Å². The van der Waals surface area contributed by atoms with Crippen molar-refractivity contribution < 1.29 is 9.47 Å². The van der Waals surface area contributed by atoms with Gasteiger partial charge in [0, 0.05) is 0 Å². The fourth-order valence-corrected chi connectivity index (χ4v) is 3.40. The normalized spacial score (nSPS) is 37.2. The molecule has 0 radical (unpaired) electrons. The first-order valence-electron chi connectivity index (χ1n) is 7.43. The zero-order valence-electron chi connectivity index (χ0n) is 12.1. The van der Waals surface area contributed by atoms with Crippen LogP contribution in [0.1, 0.15) is 39.2 Å². The molecular formula is C17H24O2. The average Bonchev–Trinajstić information content (AvgIpc) is 3.09. The van der Waals surface area contributed by atoms with E-state index < -0.39 is 0 Å². The van der Waals surface area contributed by atoms with Gasteiger partial charge in [0.1, 0.15) is 6.10 Å². The predicted molar refractivity (Wildman–Crippen MR) is 75.9 cm³/mol. The van der Waals surface area contributed by atoms with E-state index >= 15 is 0 Å². The van der Waals surface area contributed by atoms with Crippen molar-refractivity contribution in [2.45, 2.75) is 58.0 Å². The lowest BCUT2D eigenvalue weighted by Crippen LogP contribution is -2.40. The lowest BCUT2D eigenvalue weighted by molar-refractivity contribution is -0.0371. The summed E-state index contributed by atoms with van der Waals surface area (Å²) in [5, 5.41) is 0. The van der Waals surface area contributed by atoms with Crippen molar-refractivity contribution >= 4 is 0 Å². The van der Waals surface area contributed by atoms with E-state index in [1.54, 1.807) is 0 Å². The van der Waals surface area contributed by atoms with Gasteiger partial charge in [-0.3, -0.25) is 0 Å². The third-order valence-electron chi connectivity index (χ3n) is 4.78. The number of fused-ring (bicyclic) bond motifs is 1. The molecule has 19 heavy (non-hydrogen) atoms. The van der Waals surface area contributed by atoms with Crippen LogP contribution in [0, 0.1) is 11.8 Å². The molecule has 0 aromatic heterocycles. The standard InChI is InChI=1S/C17H24O2/c1-12(2)14-9-10-17(3)16(19-17)15(14)18-11-13-7-5-4-6-8-13/h4-8,12,14-16H,9-11H2,1-3H3/t14-,15-,16-,17+/m1/s1. The summed E-state index contributed by atoms with van der Waals surface area (Å²) in [5.41, 5.74) is 1.35. The summed E-state index contributed by atoms with van der Waals surface area (Å²) in [4.78, 5) is 0. The van der Waals surface area contributed by atoms with Gasteiger partial charge in [0.15, 0.2) is 0 Å². The third kappa shape index (κ3) is 2.56. The van der Waals surface area contributed by atoms with Gasteiger partial charge in [-0.2, -0.15) is 0 Å². The largest absolute Gasteiger partial charge is 0.370 e. The second kappa shape index (κ2) is 4.92. The number of hydrogen-bond donors (Lipinski definition) is 0. The van der Waals surface area contributed by atoms with E-state index in [9.17, 15) is 0 Å². The lowest BCUT2D eigenvalue weighted by atomic mass is 9.75. The van der Waals surface area contributed by atoms with Crippen LogP contribution in [0.25, 0.3) is 0 Å². The molecular weight excluding hydrogens is 236 g/mol. The molecule has 0 N–H and O–H groups in total. The number of ether oxygens (including phenoxy) is 2. The van der Waals surface area contributed by atoms with Gasteiger partial charge in [-0.1, -0.05) is 44.2 Å². The molecule has 3 rings (SSSR count). The summed E-state index contributed by atoms with van der Waals surface area (Å²) in [6.07, 6.45) is 2.99. The first-order valence-corrected chi connectivity index (χ1v) is 7.43. The second-order valence-electron chi connectivity index (χ2n) is 6.56. The van der Waals surface area contributed by atoms with Crippen LogP contribution in [-0.4, -0.2) is 17.8 Å². The van der Waals surface area contributed by atoms with E-state index in [-0.39, 0.29) is 11.7 Å². The van der Waals surface area contributed by atoms with Gasteiger partial charge in [0.2, 0.25) is 0 Å². The van der Waals surface area contributed by atoms with Crippen LogP contribution in [0.4, 0.5) is 0 Å². The van der Waals surface area contributed by atoms with Gasteiger partial charge in [0.25, 0.3) is 0 Å². The van der Waals surface area contributed by atoms with Gasteiger partial charge in [-0.15, -0.1) is 0 Å². The molecule has 0 amide bonds. The Morgan fingerprint density at radius 3 is 2.74 bits per heavy atom. The summed E-state index contributed by atoms with van der Waals surface area (Å²) in [6, 6.07) is 10.4. The van der Waals surface area contributed by atoms with Gasteiger partial charge in [0.05, 0.1) is 18.3 Å². The molecule has 2 fully saturated rings. The van der Waals surface area contributed by atoms with Crippen molar-refractivity contribution in [1.82, 2.24) is 0 Å². The molecule has 1 heterocycles. The topological polar surface area (TPSA) is 21.8 Å². The van der Waals surface area contributed by atoms with Crippen LogP contribution >= 0.6 is 0 Å². The molecule has 1 saturated heterocycles. The molecule has 1 aromatic carbocycles. The predicted octanol–water partition coefficient (Wildman–Crippen LogP) is 3.80. The van der Waals surface area contributed by atoms with Gasteiger partial charge in [-0.05, 0) is 37.2 Å². The maximum Gasteiger partial charge on any atom is 0.113 e. The van der Waals surface area contributed by atoms with Crippen LogP contribution in [-0.2, 0) is 16.1 Å². The fourth-order valence-electron chi connectivity index (χ4n) is 3.40. The maximum atomic E-state index is 6.24. The lowest BCUT2D eigenvalue weighted by Gasteiger charge is -2.34. The van der Waals surface area contributed by atoms with E-state index in [0.29, 0.717) is 24.5 Å². The molecule has 1 aliphatic heterocycles. The van der Waals surface area contributed by atoms with E-state index in [2.05, 4.69) is 45.0 Å². The molecule has 104 valence electrons. The van der Waals surface area contributed by atoms with E-state index in [1.165, 1.54) is 18.4 Å². The highest BCUT2D eigenvalue weighted by atomic mass is 16.6. The third-order valence-corrected chi connectivity index (χ3v) is 4.78. The van der Waals surface area contributed by atoms with Crippen molar-refractivity contribution in [2.24, 2.45) is 11.8 Å². The Morgan fingerprint density at radius 2 is 2.05 bits per heavy atom. The minimum Gasteiger partial charge on any atom is -0.370 e. The summed E-state index contributed by atoms with van der Waals surface area (Å²) in [7, 11) is 0. The summed E-state index contributed by atoms with van der Waals surface area (Å²) in [6.45, 7) is 7.53. The zero-order valence-corrected chi connectivity index (χ0v) is 12.1. The molecule has 2 heteroatoms. The van der Waals surface area contributed by atoms with Crippen LogP contribution in [0.2, 0.25) is 0 Å². The minimum atomic E-state index is 0.104. The van der Waals surface area contributed by atoms with Crippen LogP contribution < -0.4 is 0 Å². The molecule has 0 bridgehead atoms. The van der Waals surface area contributed by atoms with Crippen LogP contribution in [0.5, 0.6) is 0 Å². The van der Waals surface area contributed by atoms with Gasteiger partial charge >= 0.3 is 0 Å². The van der Waals surface area contributed by atoms with Crippen molar-refractivity contribution in [3.05, 3.63) is 35.9 Å². The molecule has 1 saturated carbocycles. The Kier molecular flexibility index (Phi) is 3.40. The number of benzene rings is 1. The quantitative estimate of drug-likeness (QED) is 0.768. The van der Waals surface area contributed by atoms with E-state index in [1.807, 2.05) is 6.07 Å². The van der Waals surface area contributed by atoms with Gasteiger partial charge in [-0.25, -0.2) is 0 Å². The highest BCUT2D eigenvalue weighted by Crippen LogP contribution is 2.52. The highest BCUT2D eigenvalue weighted by Gasteiger charge is 2.61. The Balaban J connectivity index is 1.66. The molecule has 1 aliphatic carbocycles. The first kappa shape index (κ1) is 13.1. The molecule has 0 unspecified atom stereocenters. The average molecular weight is 260 g/mol. The first-order chi connectivity index (χ1) is 9.10. The highest BCUT2D eigenvalue weighted by molar-refractivity contribution is 5.14. The van der Waals surface area contributed by atoms with Crippen LogP contribution in [0.3, 0.4) is 0 Å². The summed E-state index contributed by atoms with van der Waals surface area (Å²) < 4.78 is 12.2. The Hall–Kier alpha value is -0.860. The van der Waals surface area contributed by atoms with Crippen LogP contribution in [0.15, 0.2) is 30.3 Å². The molecule has 2 aliphatic rings. The van der Waals surface area contributed by atoms with Crippen molar-refractivity contribution in [3.8, 4) is 0 Å². The summed E-state index contributed by atoms with van der Waals surface area (Å²) in [5.74, 6) is 1.29. The molecule has 2 nitrogen and oxygen atoms in total. The monoisotopic (exact) mass is 260 g/mol. The second-order valence-corrected chi connectivity index (χ2v) is 6.56. The maximum absolute atomic E-state index is 6.24. The Morgan fingerprint density at radius 1 is 1.32 bits per heavy atom. The molecule has 1 aromatic rings. The minimum absolute atomic E-state index is 0.104. The van der Waals surface area contributed by atoms with E-state index in [0.717, 1.165) is 0 Å². The molecule has 0 spiro atoms. The number of epoxide rings is 1.